The third-order valence-electron chi connectivity index (χ3n) is 3.06. The molecule has 0 aromatic heterocycles. The molecule has 0 aliphatic heterocycles. The van der Waals surface area contributed by atoms with Crippen LogP contribution < -0.4 is 4.74 Å². The van der Waals surface area contributed by atoms with Gasteiger partial charge < -0.3 is 9.84 Å². The second kappa shape index (κ2) is 6.19. The molecule has 0 saturated heterocycles. The first-order chi connectivity index (χ1) is 9.61. The van der Waals surface area contributed by atoms with Crippen molar-refractivity contribution in [3.8, 4) is 16.9 Å². The van der Waals surface area contributed by atoms with Crippen LogP contribution in [-0.4, -0.2) is 18.2 Å². The molecule has 1 N–H and O–H groups in total. The van der Waals surface area contributed by atoms with Gasteiger partial charge in [0, 0.05) is 17.5 Å². The summed E-state index contributed by atoms with van der Waals surface area (Å²) in [5.74, 6) is -0.636. The molecular formula is C16H15FO3. The number of benzene rings is 2. The second-order valence-corrected chi connectivity index (χ2v) is 4.41. The fourth-order valence-corrected chi connectivity index (χ4v) is 2.05. The zero-order chi connectivity index (χ0) is 14.5. The topological polar surface area (TPSA) is 46.5 Å². The Morgan fingerprint density at radius 1 is 1.20 bits per heavy atom. The number of hydrogen-bond acceptors (Lipinski definition) is 2. The van der Waals surface area contributed by atoms with Crippen LogP contribution in [0, 0.1) is 5.82 Å². The summed E-state index contributed by atoms with van der Waals surface area (Å²) < 4.78 is 19.2. The number of hydrogen-bond donors (Lipinski definition) is 1. The van der Waals surface area contributed by atoms with Crippen LogP contribution in [0.1, 0.15) is 12.0 Å². The molecule has 2 rings (SSSR count). The summed E-state index contributed by atoms with van der Waals surface area (Å²) >= 11 is 0. The molecule has 104 valence electrons. The molecule has 3 nitrogen and oxygen atoms in total. The maximum absolute atomic E-state index is 14.0. The van der Waals surface area contributed by atoms with Crippen LogP contribution in [0.15, 0.2) is 42.5 Å². The number of ether oxygens (including phenoxy) is 1. The van der Waals surface area contributed by atoms with Gasteiger partial charge in [0.15, 0.2) is 0 Å². The van der Waals surface area contributed by atoms with Gasteiger partial charge in [0.2, 0.25) is 0 Å². The summed E-state index contributed by atoms with van der Waals surface area (Å²) in [7, 11) is 1.53. The van der Waals surface area contributed by atoms with Gasteiger partial charge in [-0.15, -0.1) is 0 Å². The lowest BCUT2D eigenvalue weighted by molar-refractivity contribution is -0.136. The van der Waals surface area contributed by atoms with Gasteiger partial charge in [-0.1, -0.05) is 24.3 Å². The number of aryl methyl sites for hydroxylation is 1. The highest BCUT2D eigenvalue weighted by atomic mass is 19.1. The number of carboxylic acids is 1. The van der Waals surface area contributed by atoms with Gasteiger partial charge in [0.25, 0.3) is 0 Å². The zero-order valence-corrected chi connectivity index (χ0v) is 11.1. The Balaban J connectivity index is 2.40. The highest BCUT2D eigenvalue weighted by Gasteiger charge is 2.11. The summed E-state index contributed by atoms with van der Waals surface area (Å²) in [6.07, 6.45) is 0.398. The molecule has 20 heavy (non-hydrogen) atoms. The quantitative estimate of drug-likeness (QED) is 0.907. The van der Waals surface area contributed by atoms with Crippen molar-refractivity contribution in [2.45, 2.75) is 12.8 Å². The number of halogens is 1. The minimum Gasteiger partial charge on any atom is -0.496 e. The van der Waals surface area contributed by atoms with E-state index in [9.17, 15) is 9.18 Å². The Morgan fingerprint density at radius 2 is 1.95 bits per heavy atom. The third kappa shape index (κ3) is 3.15. The molecular weight excluding hydrogens is 259 g/mol. The Bertz CT molecular complexity index is 623. The van der Waals surface area contributed by atoms with E-state index in [2.05, 4.69) is 0 Å². The van der Waals surface area contributed by atoms with Crippen molar-refractivity contribution in [1.29, 1.82) is 0 Å². The van der Waals surface area contributed by atoms with Gasteiger partial charge >= 0.3 is 5.97 Å². The molecule has 0 bridgehead atoms. The zero-order valence-electron chi connectivity index (χ0n) is 11.1. The van der Waals surface area contributed by atoms with Crippen LogP contribution in [0.5, 0.6) is 5.75 Å². The molecule has 0 fully saturated rings. The van der Waals surface area contributed by atoms with E-state index in [1.54, 1.807) is 30.3 Å². The maximum atomic E-state index is 14.0. The summed E-state index contributed by atoms with van der Waals surface area (Å²) in [6, 6.07) is 11.8. The Hall–Kier alpha value is -2.36. The van der Waals surface area contributed by atoms with Crippen LogP contribution in [0.2, 0.25) is 0 Å². The van der Waals surface area contributed by atoms with Crippen LogP contribution >= 0.6 is 0 Å². The fourth-order valence-electron chi connectivity index (χ4n) is 2.05. The number of para-hydroxylation sites is 1. The largest absolute Gasteiger partial charge is 0.496 e. The van der Waals surface area contributed by atoms with E-state index in [4.69, 9.17) is 9.84 Å². The van der Waals surface area contributed by atoms with Crippen molar-refractivity contribution in [3.63, 3.8) is 0 Å². The van der Waals surface area contributed by atoms with Crippen molar-refractivity contribution < 1.29 is 19.0 Å². The molecule has 0 saturated carbocycles. The van der Waals surface area contributed by atoms with E-state index in [0.29, 0.717) is 23.3 Å². The molecule has 0 radical (unpaired) electrons. The van der Waals surface area contributed by atoms with Crippen LogP contribution in [0.4, 0.5) is 4.39 Å². The summed E-state index contributed by atoms with van der Waals surface area (Å²) in [5.41, 5.74) is 1.87. The summed E-state index contributed by atoms with van der Waals surface area (Å²) in [5, 5.41) is 8.70. The second-order valence-electron chi connectivity index (χ2n) is 4.41. The Kier molecular flexibility index (Phi) is 4.35. The van der Waals surface area contributed by atoms with Gasteiger partial charge in [0.1, 0.15) is 11.6 Å². The van der Waals surface area contributed by atoms with E-state index >= 15 is 0 Å². The van der Waals surface area contributed by atoms with Gasteiger partial charge in [-0.3, -0.25) is 4.79 Å². The number of carbonyl (C=O) groups is 1. The lowest BCUT2D eigenvalue weighted by Gasteiger charge is -2.10. The van der Waals surface area contributed by atoms with Crippen molar-refractivity contribution in [3.05, 3.63) is 53.8 Å². The highest BCUT2D eigenvalue weighted by Crippen LogP contribution is 2.32. The molecule has 0 spiro atoms. The molecule has 0 heterocycles. The minimum absolute atomic E-state index is 0.0248. The smallest absolute Gasteiger partial charge is 0.303 e. The molecule has 0 amide bonds. The molecule has 4 heteroatoms. The fraction of sp³-hybridized carbons (Fsp3) is 0.188. The summed E-state index contributed by atoms with van der Waals surface area (Å²) in [4.78, 5) is 10.6. The normalized spacial score (nSPS) is 10.3. The van der Waals surface area contributed by atoms with Crippen molar-refractivity contribution in [2.24, 2.45) is 0 Å². The number of aliphatic carboxylic acids is 1. The first kappa shape index (κ1) is 14.1. The lowest BCUT2D eigenvalue weighted by atomic mass is 9.99. The van der Waals surface area contributed by atoms with E-state index in [1.807, 2.05) is 6.07 Å². The molecule has 0 atom stereocenters. The van der Waals surface area contributed by atoms with Crippen molar-refractivity contribution in [1.82, 2.24) is 0 Å². The molecule has 0 aliphatic rings. The SMILES string of the molecule is COc1ccccc1-c1cc(CCC(=O)O)ccc1F. The first-order valence-electron chi connectivity index (χ1n) is 6.25. The molecule has 2 aromatic rings. The average molecular weight is 274 g/mol. The van der Waals surface area contributed by atoms with E-state index < -0.39 is 5.97 Å². The number of carboxylic acid groups (broad SMARTS) is 1. The van der Waals surface area contributed by atoms with Crippen LogP contribution in [0.3, 0.4) is 0 Å². The maximum Gasteiger partial charge on any atom is 0.303 e. The van der Waals surface area contributed by atoms with Gasteiger partial charge in [0.05, 0.1) is 7.11 Å². The molecule has 0 aliphatic carbocycles. The van der Waals surface area contributed by atoms with Crippen LogP contribution in [-0.2, 0) is 11.2 Å². The highest BCUT2D eigenvalue weighted by molar-refractivity contribution is 5.72. The predicted molar refractivity (Wildman–Crippen MR) is 74.3 cm³/mol. The van der Waals surface area contributed by atoms with Gasteiger partial charge in [-0.25, -0.2) is 4.39 Å². The van der Waals surface area contributed by atoms with Crippen molar-refractivity contribution >= 4 is 5.97 Å². The molecule has 0 unspecified atom stereocenters. The van der Waals surface area contributed by atoms with E-state index in [0.717, 1.165) is 5.56 Å². The third-order valence-corrected chi connectivity index (χ3v) is 3.06. The Morgan fingerprint density at radius 3 is 2.65 bits per heavy atom. The predicted octanol–water partition coefficient (Wildman–Crippen LogP) is 3.52. The van der Waals surface area contributed by atoms with E-state index in [-0.39, 0.29) is 12.2 Å². The van der Waals surface area contributed by atoms with Gasteiger partial charge in [-0.05, 0) is 30.2 Å². The minimum atomic E-state index is -0.867. The molecule has 2 aromatic carbocycles. The average Bonchev–Trinajstić information content (AvgIpc) is 2.46. The van der Waals surface area contributed by atoms with Crippen LogP contribution in [0.25, 0.3) is 11.1 Å². The number of methoxy groups -OCH3 is 1. The first-order valence-corrected chi connectivity index (χ1v) is 6.25. The summed E-state index contributed by atoms with van der Waals surface area (Å²) in [6.45, 7) is 0. The van der Waals surface area contributed by atoms with Crippen molar-refractivity contribution in [2.75, 3.05) is 7.11 Å². The monoisotopic (exact) mass is 274 g/mol. The lowest BCUT2D eigenvalue weighted by Crippen LogP contribution is -1.98. The van der Waals surface area contributed by atoms with Gasteiger partial charge in [-0.2, -0.15) is 0 Å². The van der Waals surface area contributed by atoms with E-state index in [1.165, 1.54) is 13.2 Å². The number of rotatable bonds is 5. The standard InChI is InChI=1S/C16H15FO3/c1-20-15-5-3-2-4-12(15)13-10-11(6-8-14(13)17)7-9-16(18)19/h2-6,8,10H,7,9H2,1H3,(H,18,19). The Labute approximate surface area is 116 Å².